The summed E-state index contributed by atoms with van der Waals surface area (Å²) in [6.07, 6.45) is 3.95. The van der Waals surface area contributed by atoms with Crippen LogP contribution in [0.5, 0.6) is 0 Å². The normalized spacial score (nSPS) is 18.4. The Bertz CT molecular complexity index is 450. The SMILES string of the molecule is CC(C)C[C@@H](NC(=O)CC1CCN(C)CC1)c1ccccc1. The van der Waals surface area contributed by atoms with Gasteiger partial charge in [-0.05, 0) is 56.8 Å². The van der Waals surface area contributed by atoms with Crippen LogP contribution in [0.4, 0.5) is 0 Å². The molecule has 1 aromatic carbocycles. The molecule has 22 heavy (non-hydrogen) atoms. The van der Waals surface area contributed by atoms with E-state index in [9.17, 15) is 4.79 Å². The first-order valence-electron chi connectivity index (χ1n) is 8.57. The third-order valence-corrected chi connectivity index (χ3v) is 4.56. The van der Waals surface area contributed by atoms with E-state index in [1.54, 1.807) is 0 Å². The first-order valence-corrected chi connectivity index (χ1v) is 8.57. The third kappa shape index (κ3) is 5.45. The van der Waals surface area contributed by atoms with Gasteiger partial charge in [-0.1, -0.05) is 44.2 Å². The van der Waals surface area contributed by atoms with Crippen molar-refractivity contribution in [1.82, 2.24) is 10.2 Å². The molecule has 1 saturated heterocycles. The molecule has 0 aromatic heterocycles. The Morgan fingerprint density at radius 2 is 1.86 bits per heavy atom. The molecule has 1 N–H and O–H groups in total. The molecule has 0 radical (unpaired) electrons. The second-order valence-electron chi connectivity index (χ2n) is 7.11. The van der Waals surface area contributed by atoms with Crippen LogP contribution in [0.25, 0.3) is 0 Å². The van der Waals surface area contributed by atoms with Crippen molar-refractivity contribution < 1.29 is 4.79 Å². The van der Waals surface area contributed by atoms with Crippen LogP contribution < -0.4 is 5.32 Å². The van der Waals surface area contributed by atoms with Gasteiger partial charge in [0.2, 0.25) is 5.91 Å². The number of nitrogens with one attached hydrogen (secondary N) is 1. The molecule has 1 aliphatic rings. The summed E-state index contributed by atoms with van der Waals surface area (Å²) in [4.78, 5) is 14.8. The molecule has 1 fully saturated rings. The number of benzene rings is 1. The summed E-state index contributed by atoms with van der Waals surface area (Å²) in [5.74, 6) is 1.32. The van der Waals surface area contributed by atoms with Crippen molar-refractivity contribution in [3.05, 3.63) is 35.9 Å². The van der Waals surface area contributed by atoms with Crippen LogP contribution in [-0.2, 0) is 4.79 Å². The van der Waals surface area contributed by atoms with Gasteiger partial charge >= 0.3 is 0 Å². The Balaban J connectivity index is 1.90. The molecule has 2 rings (SSSR count). The van der Waals surface area contributed by atoms with Crippen LogP contribution >= 0.6 is 0 Å². The molecule has 3 nitrogen and oxygen atoms in total. The van der Waals surface area contributed by atoms with Crippen molar-refractivity contribution in [3.8, 4) is 0 Å². The highest BCUT2D eigenvalue weighted by Gasteiger charge is 2.22. The lowest BCUT2D eigenvalue weighted by Crippen LogP contribution is -2.35. The fraction of sp³-hybridized carbons (Fsp3) is 0.632. The number of carbonyl (C=O) groups is 1. The molecule has 0 unspecified atom stereocenters. The van der Waals surface area contributed by atoms with E-state index in [0.717, 1.165) is 32.4 Å². The van der Waals surface area contributed by atoms with Crippen LogP contribution in [-0.4, -0.2) is 30.9 Å². The first kappa shape index (κ1) is 17.0. The van der Waals surface area contributed by atoms with E-state index in [4.69, 9.17) is 0 Å². The third-order valence-electron chi connectivity index (χ3n) is 4.56. The lowest BCUT2D eigenvalue weighted by Gasteiger charge is -2.29. The van der Waals surface area contributed by atoms with Crippen molar-refractivity contribution in [3.63, 3.8) is 0 Å². The zero-order valence-electron chi connectivity index (χ0n) is 14.2. The predicted octanol–water partition coefficient (Wildman–Crippen LogP) is 3.62. The number of amides is 1. The summed E-state index contributed by atoms with van der Waals surface area (Å²) in [5, 5.41) is 3.27. The van der Waals surface area contributed by atoms with E-state index < -0.39 is 0 Å². The summed E-state index contributed by atoms with van der Waals surface area (Å²) in [6.45, 7) is 6.65. The topological polar surface area (TPSA) is 32.3 Å². The molecular weight excluding hydrogens is 272 g/mol. The number of likely N-dealkylation sites (tertiary alicyclic amines) is 1. The number of nitrogens with zero attached hydrogens (tertiary/aromatic N) is 1. The molecule has 1 aromatic rings. The maximum atomic E-state index is 12.4. The molecule has 0 saturated carbocycles. The van der Waals surface area contributed by atoms with Crippen LogP contribution in [0.2, 0.25) is 0 Å². The zero-order valence-corrected chi connectivity index (χ0v) is 14.2. The summed E-state index contributed by atoms with van der Waals surface area (Å²) in [7, 11) is 2.16. The molecule has 122 valence electrons. The minimum absolute atomic E-state index is 0.139. The lowest BCUT2D eigenvalue weighted by atomic mass is 9.92. The average Bonchev–Trinajstić information content (AvgIpc) is 2.49. The Kier molecular flexibility index (Phi) is 6.44. The van der Waals surface area contributed by atoms with Crippen molar-refractivity contribution >= 4 is 5.91 Å². The fourth-order valence-electron chi connectivity index (χ4n) is 3.22. The molecule has 1 heterocycles. The van der Waals surface area contributed by atoms with Crippen molar-refractivity contribution in [2.45, 2.75) is 45.6 Å². The molecule has 0 bridgehead atoms. The minimum Gasteiger partial charge on any atom is -0.349 e. The number of rotatable bonds is 6. The van der Waals surface area contributed by atoms with E-state index in [0.29, 0.717) is 18.3 Å². The Morgan fingerprint density at radius 3 is 2.45 bits per heavy atom. The van der Waals surface area contributed by atoms with E-state index in [1.165, 1.54) is 5.56 Å². The highest BCUT2D eigenvalue weighted by atomic mass is 16.1. The fourth-order valence-corrected chi connectivity index (χ4v) is 3.22. The molecule has 3 heteroatoms. The predicted molar refractivity (Wildman–Crippen MR) is 91.6 cm³/mol. The molecule has 1 amide bonds. The molecule has 0 spiro atoms. The Morgan fingerprint density at radius 1 is 1.23 bits per heavy atom. The summed E-state index contributed by atoms with van der Waals surface area (Å²) in [5.41, 5.74) is 1.22. The van der Waals surface area contributed by atoms with Crippen molar-refractivity contribution in [2.75, 3.05) is 20.1 Å². The molecule has 1 aliphatic heterocycles. The maximum Gasteiger partial charge on any atom is 0.220 e. The van der Waals surface area contributed by atoms with Crippen LogP contribution in [0.3, 0.4) is 0 Å². The van der Waals surface area contributed by atoms with Gasteiger partial charge in [0.25, 0.3) is 0 Å². The van der Waals surface area contributed by atoms with Gasteiger partial charge in [-0.3, -0.25) is 4.79 Å². The zero-order chi connectivity index (χ0) is 15.9. The minimum atomic E-state index is 0.139. The maximum absolute atomic E-state index is 12.4. The van der Waals surface area contributed by atoms with E-state index in [-0.39, 0.29) is 11.9 Å². The van der Waals surface area contributed by atoms with Gasteiger partial charge in [-0.25, -0.2) is 0 Å². The van der Waals surface area contributed by atoms with Crippen molar-refractivity contribution in [2.24, 2.45) is 11.8 Å². The summed E-state index contributed by atoms with van der Waals surface area (Å²) < 4.78 is 0. The van der Waals surface area contributed by atoms with Gasteiger partial charge in [0.05, 0.1) is 6.04 Å². The first-order chi connectivity index (χ1) is 10.5. The van der Waals surface area contributed by atoms with Gasteiger partial charge in [0.15, 0.2) is 0 Å². The van der Waals surface area contributed by atoms with Gasteiger partial charge in [0, 0.05) is 6.42 Å². The number of hydrogen-bond acceptors (Lipinski definition) is 2. The Labute approximate surface area is 135 Å². The van der Waals surface area contributed by atoms with E-state index in [1.807, 2.05) is 18.2 Å². The van der Waals surface area contributed by atoms with E-state index in [2.05, 4.69) is 43.2 Å². The second kappa shape index (κ2) is 8.33. The van der Waals surface area contributed by atoms with Crippen LogP contribution in [0, 0.1) is 11.8 Å². The van der Waals surface area contributed by atoms with Crippen LogP contribution in [0.15, 0.2) is 30.3 Å². The quantitative estimate of drug-likeness (QED) is 0.870. The number of piperidine rings is 1. The second-order valence-corrected chi connectivity index (χ2v) is 7.11. The molecular formula is C19H30N2O. The van der Waals surface area contributed by atoms with Gasteiger partial charge < -0.3 is 10.2 Å². The van der Waals surface area contributed by atoms with Crippen molar-refractivity contribution in [1.29, 1.82) is 0 Å². The highest BCUT2D eigenvalue weighted by Crippen LogP contribution is 2.23. The average molecular weight is 302 g/mol. The largest absolute Gasteiger partial charge is 0.349 e. The summed E-state index contributed by atoms with van der Waals surface area (Å²) in [6, 6.07) is 10.5. The standard InChI is InChI=1S/C19H30N2O/c1-15(2)13-18(17-7-5-4-6-8-17)20-19(22)14-16-9-11-21(3)12-10-16/h4-8,15-16,18H,9-14H2,1-3H3,(H,20,22)/t18-/m1/s1. The number of hydrogen-bond donors (Lipinski definition) is 1. The smallest absolute Gasteiger partial charge is 0.220 e. The Hall–Kier alpha value is -1.35. The van der Waals surface area contributed by atoms with Crippen LogP contribution in [0.1, 0.15) is 51.1 Å². The van der Waals surface area contributed by atoms with E-state index >= 15 is 0 Å². The number of carbonyl (C=O) groups excluding carboxylic acids is 1. The van der Waals surface area contributed by atoms with Gasteiger partial charge in [-0.15, -0.1) is 0 Å². The summed E-state index contributed by atoms with van der Waals surface area (Å²) >= 11 is 0. The molecule has 1 atom stereocenters. The van der Waals surface area contributed by atoms with Gasteiger partial charge in [-0.2, -0.15) is 0 Å². The highest BCUT2D eigenvalue weighted by molar-refractivity contribution is 5.76. The van der Waals surface area contributed by atoms with Gasteiger partial charge in [0.1, 0.15) is 0 Å². The monoisotopic (exact) mass is 302 g/mol. The lowest BCUT2D eigenvalue weighted by molar-refractivity contribution is -0.123. The molecule has 0 aliphatic carbocycles.